The molecule has 0 aliphatic carbocycles. The summed E-state index contributed by atoms with van der Waals surface area (Å²) in [4.78, 5) is 12.7. The van der Waals surface area contributed by atoms with Crippen LogP contribution in [-0.2, 0) is 16.6 Å². The van der Waals surface area contributed by atoms with Gasteiger partial charge < -0.3 is 16.0 Å². The second-order valence-corrected chi connectivity index (χ2v) is 8.65. The number of nitrogens with zero attached hydrogens (tertiary/aromatic N) is 5. The SMILES string of the molecule is Cc1ccc(S(=O)(=O)N2CCCC2Cn2cnc3c(N)nc(N)nc32)cc1. The fraction of sp³-hybridized carbons (Fsp3) is 0.353. The molecule has 1 aliphatic heterocycles. The first kappa shape index (κ1) is 17.7. The second kappa shape index (κ2) is 6.46. The molecule has 1 aromatic carbocycles. The molecule has 142 valence electrons. The predicted molar refractivity (Wildman–Crippen MR) is 102 cm³/mol. The molecule has 1 atom stereocenters. The van der Waals surface area contributed by atoms with Crippen molar-refractivity contribution in [2.24, 2.45) is 0 Å². The lowest BCUT2D eigenvalue weighted by atomic mass is 10.2. The van der Waals surface area contributed by atoms with Crippen LogP contribution in [-0.4, -0.2) is 44.8 Å². The average molecular weight is 387 g/mol. The van der Waals surface area contributed by atoms with E-state index in [1.165, 1.54) is 0 Å². The molecule has 3 heterocycles. The van der Waals surface area contributed by atoms with E-state index in [-0.39, 0.29) is 17.8 Å². The number of aromatic nitrogens is 4. The summed E-state index contributed by atoms with van der Waals surface area (Å²) in [5, 5.41) is 0. The second-order valence-electron chi connectivity index (χ2n) is 6.76. The van der Waals surface area contributed by atoms with Gasteiger partial charge in [0, 0.05) is 19.1 Å². The van der Waals surface area contributed by atoms with Crippen LogP contribution >= 0.6 is 0 Å². The first-order valence-corrected chi connectivity index (χ1v) is 10.1. The Labute approximate surface area is 157 Å². The van der Waals surface area contributed by atoms with E-state index in [4.69, 9.17) is 11.5 Å². The molecule has 0 saturated carbocycles. The monoisotopic (exact) mass is 387 g/mol. The van der Waals surface area contributed by atoms with Gasteiger partial charge in [-0.25, -0.2) is 13.4 Å². The van der Waals surface area contributed by atoms with Gasteiger partial charge in [0.25, 0.3) is 0 Å². The third kappa shape index (κ3) is 3.10. The zero-order valence-corrected chi connectivity index (χ0v) is 15.7. The fourth-order valence-electron chi connectivity index (χ4n) is 3.50. The predicted octanol–water partition coefficient (Wildman–Crippen LogP) is 1.15. The number of sulfonamides is 1. The van der Waals surface area contributed by atoms with Gasteiger partial charge in [-0.2, -0.15) is 14.3 Å². The molecule has 9 nitrogen and oxygen atoms in total. The van der Waals surface area contributed by atoms with Crippen LogP contribution in [0.3, 0.4) is 0 Å². The molecule has 1 unspecified atom stereocenters. The first-order chi connectivity index (χ1) is 12.9. The Morgan fingerprint density at radius 2 is 1.93 bits per heavy atom. The van der Waals surface area contributed by atoms with Gasteiger partial charge in [0.05, 0.1) is 11.2 Å². The Kier molecular flexibility index (Phi) is 4.23. The van der Waals surface area contributed by atoms with Crippen LogP contribution in [0.5, 0.6) is 0 Å². The van der Waals surface area contributed by atoms with E-state index in [0.29, 0.717) is 29.1 Å². The Bertz CT molecular complexity index is 1090. The van der Waals surface area contributed by atoms with E-state index in [9.17, 15) is 8.42 Å². The van der Waals surface area contributed by atoms with Gasteiger partial charge in [0.2, 0.25) is 16.0 Å². The van der Waals surface area contributed by atoms with Crippen molar-refractivity contribution >= 4 is 33.0 Å². The van der Waals surface area contributed by atoms with Crippen LogP contribution < -0.4 is 11.5 Å². The third-order valence-corrected chi connectivity index (χ3v) is 6.83. The largest absolute Gasteiger partial charge is 0.382 e. The lowest BCUT2D eigenvalue weighted by Crippen LogP contribution is -2.38. The molecular formula is C17H21N7O2S. The zero-order chi connectivity index (χ0) is 19.2. The molecule has 27 heavy (non-hydrogen) atoms. The van der Waals surface area contributed by atoms with Crippen molar-refractivity contribution < 1.29 is 8.42 Å². The Morgan fingerprint density at radius 1 is 1.19 bits per heavy atom. The van der Waals surface area contributed by atoms with E-state index in [0.717, 1.165) is 18.4 Å². The average Bonchev–Trinajstić information content (AvgIpc) is 3.24. The fourth-order valence-corrected chi connectivity index (χ4v) is 5.18. The minimum Gasteiger partial charge on any atom is -0.382 e. The summed E-state index contributed by atoms with van der Waals surface area (Å²) in [7, 11) is -3.56. The summed E-state index contributed by atoms with van der Waals surface area (Å²) in [5.74, 6) is 0.282. The Balaban J connectivity index is 1.65. The summed E-state index contributed by atoms with van der Waals surface area (Å²) in [5.41, 5.74) is 13.5. The lowest BCUT2D eigenvalue weighted by molar-refractivity contribution is 0.354. The Morgan fingerprint density at radius 3 is 2.67 bits per heavy atom. The molecular weight excluding hydrogens is 366 g/mol. The van der Waals surface area contributed by atoms with Gasteiger partial charge in [-0.15, -0.1) is 0 Å². The van der Waals surface area contributed by atoms with E-state index in [1.54, 1.807) is 27.3 Å². The van der Waals surface area contributed by atoms with Crippen molar-refractivity contribution in [3.05, 3.63) is 36.2 Å². The Hall–Kier alpha value is -2.72. The van der Waals surface area contributed by atoms with Gasteiger partial charge in [-0.3, -0.25) is 0 Å². The minimum atomic E-state index is -3.56. The molecule has 4 rings (SSSR count). The van der Waals surface area contributed by atoms with Crippen molar-refractivity contribution in [3.8, 4) is 0 Å². The van der Waals surface area contributed by atoms with E-state index in [1.807, 2.05) is 19.1 Å². The van der Waals surface area contributed by atoms with Crippen molar-refractivity contribution in [2.75, 3.05) is 18.0 Å². The summed E-state index contributed by atoms with van der Waals surface area (Å²) in [6, 6.07) is 6.74. The molecule has 0 bridgehead atoms. The van der Waals surface area contributed by atoms with Crippen LogP contribution in [0.15, 0.2) is 35.5 Å². The van der Waals surface area contributed by atoms with Crippen LogP contribution in [0, 0.1) is 6.92 Å². The van der Waals surface area contributed by atoms with Gasteiger partial charge >= 0.3 is 0 Å². The van der Waals surface area contributed by atoms with Crippen LogP contribution in [0.2, 0.25) is 0 Å². The molecule has 0 radical (unpaired) electrons. The van der Waals surface area contributed by atoms with Gasteiger partial charge in [0.1, 0.15) is 5.52 Å². The highest BCUT2D eigenvalue weighted by Crippen LogP contribution is 2.28. The van der Waals surface area contributed by atoms with E-state index < -0.39 is 10.0 Å². The smallest absolute Gasteiger partial charge is 0.243 e. The number of nitrogens with two attached hydrogens (primary N) is 2. The molecule has 1 saturated heterocycles. The standard InChI is InChI=1S/C17H21N7O2S/c1-11-4-6-13(7-5-11)27(25,26)24-8-2-3-12(24)9-23-10-20-14-15(18)21-17(19)22-16(14)23/h4-7,10,12H,2-3,8-9H2,1H3,(H4,18,19,21,22). The van der Waals surface area contributed by atoms with Crippen molar-refractivity contribution in [1.82, 2.24) is 23.8 Å². The summed E-state index contributed by atoms with van der Waals surface area (Å²) in [6.45, 7) is 2.85. The van der Waals surface area contributed by atoms with Crippen molar-refractivity contribution in [2.45, 2.75) is 37.2 Å². The summed E-state index contributed by atoms with van der Waals surface area (Å²) in [6.07, 6.45) is 3.17. The van der Waals surface area contributed by atoms with Gasteiger partial charge in [-0.05, 0) is 31.9 Å². The summed E-state index contributed by atoms with van der Waals surface area (Å²) >= 11 is 0. The third-order valence-electron chi connectivity index (χ3n) is 4.87. The highest BCUT2D eigenvalue weighted by molar-refractivity contribution is 7.89. The number of rotatable bonds is 4. The normalized spacial score (nSPS) is 18.3. The topological polar surface area (TPSA) is 133 Å². The minimum absolute atomic E-state index is 0.0669. The highest BCUT2D eigenvalue weighted by atomic mass is 32.2. The number of aryl methyl sites for hydroxylation is 1. The number of anilines is 2. The maximum Gasteiger partial charge on any atom is 0.243 e. The molecule has 0 spiro atoms. The van der Waals surface area contributed by atoms with E-state index >= 15 is 0 Å². The molecule has 1 aliphatic rings. The van der Waals surface area contributed by atoms with Crippen LogP contribution in [0.1, 0.15) is 18.4 Å². The number of nitrogen functional groups attached to an aromatic ring is 2. The highest BCUT2D eigenvalue weighted by Gasteiger charge is 2.35. The molecule has 3 aromatic rings. The number of fused-ring (bicyclic) bond motifs is 1. The van der Waals surface area contributed by atoms with Crippen LogP contribution in [0.25, 0.3) is 11.2 Å². The number of hydrogen-bond donors (Lipinski definition) is 2. The summed E-state index contributed by atoms with van der Waals surface area (Å²) < 4.78 is 29.5. The molecule has 1 fully saturated rings. The maximum absolute atomic E-state index is 13.1. The zero-order valence-electron chi connectivity index (χ0n) is 14.9. The first-order valence-electron chi connectivity index (χ1n) is 8.68. The quantitative estimate of drug-likeness (QED) is 0.686. The van der Waals surface area contributed by atoms with Gasteiger partial charge in [-0.1, -0.05) is 17.7 Å². The molecule has 4 N–H and O–H groups in total. The maximum atomic E-state index is 13.1. The molecule has 10 heteroatoms. The number of imidazole rings is 1. The van der Waals surface area contributed by atoms with Crippen LogP contribution in [0.4, 0.5) is 11.8 Å². The molecule has 0 amide bonds. The van der Waals surface area contributed by atoms with Crippen molar-refractivity contribution in [3.63, 3.8) is 0 Å². The lowest BCUT2D eigenvalue weighted by Gasteiger charge is -2.24. The van der Waals surface area contributed by atoms with Gasteiger partial charge in [0.15, 0.2) is 11.5 Å². The number of benzene rings is 1. The van der Waals surface area contributed by atoms with Crippen molar-refractivity contribution in [1.29, 1.82) is 0 Å². The number of hydrogen-bond acceptors (Lipinski definition) is 7. The van der Waals surface area contributed by atoms with E-state index in [2.05, 4.69) is 15.0 Å². The molecule has 2 aromatic heterocycles.